The van der Waals surface area contributed by atoms with Gasteiger partial charge in [-0.2, -0.15) is 0 Å². The van der Waals surface area contributed by atoms with Crippen molar-refractivity contribution in [3.8, 4) is 0 Å². The molecule has 1 aliphatic rings. The summed E-state index contributed by atoms with van der Waals surface area (Å²) in [6.45, 7) is 3.85. The lowest BCUT2D eigenvalue weighted by Crippen LogP contribution is -2.41. The molecule has 1 saturated carbocycles. The van der Waals surface area contributed by atoms with Crippen molar-refractivity contribution < 1.29 is 13.5 Å². The zero-order chi connectivity index (χ0) is 19.6. The molecule has 152 valence electrons. The second-order valence-corrected chi connectivity index (χ2v) is 9.40. The van der Waals surface area contributed by atoms with Gasteiger partial charge in [0.25, 0.3) is 0 Å². The van der Waals surface area contributed by atoms with Crippen molar-refractivity contribution in [1.82, 2.24) is 10.6 Å². The second-order valence-electron chi connectivity index (χ2n) is 7.29. The number of hydrogen-bond acceptors (Lipinski definition) is 4. The van der Waals surface area contributed by atoms with Crippen LogP contribution in [0.2, 0.25) is 0 Å². The van der Waals surface area contributed by atoms with Crippen LogP contribution < -0.4 is 10.6 Å². The normalized spacial score (nSPS) is 17.5. The van der Waals surface area contributed by atoms with Crippen LogP contribution in [0.4, 0.5) is 0 Å². The quantitative estimate of drug-likeness (QED) is 0.441. The predicted molar refractivity (Wildman–Crippen MR) is 110 cm³/mol. The van der Waals surface area contributed by atoms with E-state index in [4.69, 9.17) is 4.99 Å². The smallest absolute Gasteiger partial charge is 0.191 e. The molecule has 0 atom stereocenters. The number of sulfone groups is 1. The number of nitrogens with zero attached hydrogens (tertiary/aromatic N) is 1. The van der Waals surface area contributed by atoms with Crippen LogP contribution in [0.1, 0.15) is 45.4 Å². The predicted octanol–water partition coefficient (Wildman–Crippen LogP) is 2.35. The maximum Gasteiger partial charge on any atom is 0.191 e. The van der Waals surface area contributed by atoms with Crippen LogP contribution in [0.3, 0.4) is 0 Å². The third kappa shape index (κ3) is 6.81. The number of benzene rings is 1. The van der Waals surface area contributed by atoms with Gasteiger partial charge in [-0.3, -0.25) is 4.99 Å². The maximum atomic E-state index is 12.4. The molecular formula is C20H33N3O3S. The third-order valence-corrected chi connectivity index (χ3v) is 6.97. The van der Waals surface area contributed by atoms with E-state index in [2.05, 4.69) is 10.6 Å². The first-order chi connectivity index (χ1) is 13.0. The summed E-state index contributed by atoms with van der Waals surface area (Å²) >= 11 is 0. The number of aliphatic hydroxyl groups is 1. The second kappa shape index (κ2) is 10.7. The van der Waals surface area contributed by atoms with Gasteiger partial charge in [-0.05, 0) is 43.7 Å². The monoisotopic (exact) mass is 395 g/mol. The Labute approximate surface area is 163 Å². The van der Waals surface area contributed by atoms with Gasteiger partial charge in [-0.15, -0.1) is 0 Å². The topological polar surface area (TPSA) is 90.8 Å². The van der Waals surface area contributed by atoms with Crippen LogP contribution in [0, 0.1) is 5.41 Å². The van der Waals surface area contributed by atoms with Gasteiger partial charge in [0.2, 0.25) is 0 Å². The molecule has 1 aromatic carbocycles. The highest BCUT2D eigenvalue weighted by Crippen LogP contribution is 2.39. The number of rotatable bonds is 9. The molecule has 0 bridgehead atoms. The van der Waals surface area contributed by atoms with Gasteiger partial charge in [0.1, 0.15) is 0 Å². The minimum absolute atomic E-state index is 0.0171. The summed E-state index contributed by atoms with van der Waals surface area (Å²) < 4.78 is 24.8. The zero-order valence-electron chi connectivity index (χ0n) is 16.3. The largest absolute Gasteiger partial charge is 0.396 e. The molecule has 27 heavy (non-hydrogen) atoms. The van der Waals surface area contributed by atoms with E-state index >= 15 is 0 Å². The van der Waals surface area contributed by atoms with Crippen molar-refractivity contribution in [1.29, 1.82) is 0 Å². The number of aliphatic hydroxyl groups excluding tert-OH is 1. The molecule has 1 aromatic rings. The summed E-state index contributed by atoms with van der Waals surface area (Å²) in [6, 6.07) is 8.51. The van der Waals surface area contributed by atoms with Crippen LogP contribution >= 0.6 is 0 Å². The van der Waals surface area contributed by atoms with Gasteiger partial charge < -0.3 is 15.7 Å². The van der Waals surface area contributed by atoms with Gasteiger partial charge in [0, 0.05) is 26.2 Å². The summed E-state index contributed by atoms with van der Waals surface area (Å²) in [5.74, 6) is 0.659. The van der Waals surface area contributed by atoms with Gasteiger partial charge in [-0.1, -0.05) is 37.5 Å². The van der Waals surface area contributed by atoms with Gasteiger partial charge in [0.05, 0.1) is 10.6 Å². The van der Waals surface area contributed by atoms with Crippen LogP contribution in [-0.2, 0) is 9.84 Å². The molecule has 0 aromatic heterocycles. The van der Waals surface area contributed by atoms with Crippen molar-refractivity contribution >= 4 is 15.8 Å². The van der Waals surface area contributed by atoms with Crippen molar-refractivity contribution in [2.45, 2.75) is 50.3 Å². The van der Waals surface area contributed by atoms with E-state index < -0.39 is 9.84 Å². The van der Waals surface area contributed by atoms with Gasteiger partial charge >= 0.3 is 0 Å². The summed E-state index contributed by atoms with van der Waals surface area (Å²) in [4.78, 5) is 5.05. The Morgan fingerprint density at radius 3 is 2.48 bits per heavy atom. The fourth-order valence-corrected chi connectivity index (χ4v) is 4.84. The molecule has 3 N–H and O–H groups in total. The summed E-state index contributed by atoms with van der Waals surface area (Å²) in [7, 11) is -3.31. The Morgan fingerprint density at radius 2 is 1.85 bits per heavy atom. The molecule has 0 amide bonds. The van der Waals surface area contributed by atoms with Crippen molar-refractivity contribution in [2.24, 2.45) is 10.4 Å². The molecule has 7 heteroatoms. The fourth-order valence-electron chi connectivity index (χ4n) is 3.66. The summed E-state index contributed by atoms with van der Waals surface area (Å²) in [5.41, 5.74) is 0.0749. The Kier molecular flexibility index (Phi) is 8.57. The molecule has 0 aliphatic heterocycles. The standard InChI is InChI=1S/C20H33N3O3S/c1-2-21-19(23-17-20(13-15-24)11-7-4-8-12-20)22-14-16-27(25,26)18-9-5-3-6-10-18/h3,5-6,9-10,24H,2,4,7-8,11-17H2,1H3,(H2,21,22,23). The average molecular weight is 396 g/mol. The Morgan fingerprint density at radius 1 is 1.15 bits per heavy atom. The van der Waals surface area contributed by atoms with Gasteiger partial charge in [0.15, 0.2) is 15.8 Å². The van der Waals surface area contributed by atoms with Crippen molar-refractivity contribution in [3.63, 3.8) is 0 Å². The average Bonchev–Trinajstić information content (AvgIpc) is 2.68. The van der Waals surface area contributed by atoms with Crippen LogP contribution in [0.15, 0.2) is 40.2 Å². The molecule has 0 radical (unpaired) electrons. The van der Waals surface area contributed by atoms with E-state index in [0.29, 0.717) is 30.5 Å². The lowest BCUT2D eigenvalue weighted by atomic mass is 9.72. The third-order valence-electron chi connectivity index (χ3n) is 5.24. The van der Waals surface area contributed by atoms with Crippen molar-refractivity contribution in [2.75, 3.05) is 32.0 Å². The SMILES string of the molecule is CCNC(=NCC1(CCO)CCCCC1)NCCS(=O)(=O)c1ccccc1. The Balaban J connectivity index is 1.95. The highest BCUT2D eigenvalue weighted by molar-refractivity contribution is 7.91. The maximum absolute atomic E-state index is 12.4. The first-order valence-electron chi connectivity index (χ1n) is 9.92. The van der Waals surface area contributed by atoms with Crippen molar-refractivity contribution in [3.05, 3.63) is 30.3 Å². The molecule has 6 nitrogen and oxygen atoms in total. The number of hydrogen-bond donors (Lipinski definition) is 3. The molecule has 0 spiro atoms. The van der Waals surface area contributed by atoms with Gasteiger partial charge in [-0.25, -0.2) is 8.42 Å². The summed E-state index contributed by atoms with van der Waals surface area (Å²) in [5, 5.41) is 15.8. The van der Waals surface area contributed by atoms with E-state index in [9.17, 15) is 13.5 Å². The Bertz CT molecular complexity index is 678. The zero-order valence-corrected chi connectivity index (χ0v) is 17.1. The number of aliphatic imine (C=N–C) groups is 1. The first kappa shape index (κ1) is 21.7. The molecule has 0 saturated heterocycles. The minimum atomic E-state index is -3.31. The summed E-state index contributed by atoms with van der Waals surface area (Å²) in [6.07, 6.45) is 6.60. The lowest BCUT2D eigenvalue weighted by molar-refractivity contribution is 0.137. The Hall–Kier alpha value is -1.60. The van der Waals surface area contributed by atoms with E-state index in [1.165, 1.54) is 19.3 Å². The highest BCUT2D eigenvalue weighted by Gasteiger charge is 2.31. The first-order valence-corrected chi connectivity index (χ1v) is 11.6. The highest BCUT2D eigenvalue weighted by atomic mass is 32.2. The van der Waals surface area contributed by atoms with E-state index in [1.54, 1.807) is 30.3 Å². The molecular weight excluding hydrogens is 362 g/mol. The number of guanidine groups is 1. The van der Waals surface area contributed by atoms with E-state index in [1.807, 2.05) is 6.92 Å². The molecule has 2 rings (SSSR count). The number of nitrogens with one attached hydrogen (secondary N) is 2. The van der Waals surface area contributed by atoms with Crippen LogP contribution in [0.25, 0.3) is 0 Å². The molecule has 0 heterocycles. The lowest BCUT2D eigenvalue weighted by Gasteiger charge is -2.35. The molecule has 0 unspecified atom stereocenters. The van der Waals surface area contributed by atoms with E-state index in [0.717, 1.165) is 19.3 Å². The molecule has 1 fully saturated rings. The van der Waals surface area contributed by atoms with Crippen LogP contribution in [0.5, 0.6) is 0 Å². The van der Waals surface area contributed by atoms with E-state index in [-0.39, 0.29) is 17.8 Å². The fraction of sp³-hybridized carbons (Fsp3) is 0.650. The van der Waals surface area contributed by atoms with Crippen LogP contribution in [-0.4, -0.2) is 51.5 Å². The molecule has 1 aliphatic carbocycles. The minimum Gasteiger partial charge on any atom is -0.396 e.